The van der Waals surface area contributed by atoms with E-state index in [9.17, 15) is 8.42 Å². The van der Waals surface area contributed by atoms with Crippen LogP contribution in [0, 0.1) is 0 Å². The summed E-state index contributed by atoms with van der Waals surface area (Å²) in [5, 5.41) is 3.79. The molecule has 0 saturated heterocycles. The van der Waals surface area contributed by atoms with Crippen molar-refractivity contribution in [3.05, 3.63) is 120 Å². The lowest BCUT2D eigenvalue weighted by atomic mass is 9.98. The first-order chi connectivity index (χ1) is 22.2. The number of anilines is 1. The molecule has 4 aromatic rings. The van der Waals surface area contributed by atoms with Crippen molar-refractivity contribution < 1.29 is 22.3 Å². The van der Waals surface area contributed by atoms with Gasteiger partial charge in [-0.15, -0.1) is 0 Å². The van der Waals surface area contributed by atoms with Crippen LogP contribution in [0.1, 0.15) is 55.2 Å². The first-order valence-corrected chi connectivity index (χ1v) is 20.3. The lowest BCUT2D eigenvalue weighted by Crippen LogP contribution is -2.40. The van der Waals surface area contributed by atoms with E-state index in [1.807, 2.05) is 79.0 Å². The monoisotopic (exact) mass is 661 g/mol. The van der Waals surface area contributed by atoms with Crippen molar-refractivity contribution in [1.82, 2.24) is 10.3 Å². The second-order valence-corrected chi connectivity index (χ2v) is 18.0. The van der Waals surface area contributed by atoms with Gasteiger partial charge in [0.25, 0.3) is 0 Å². The minimum atomic E-state index is -3.58. The first kappa shape index (κ1) is 35.2. The Morgan fingerprint density at radius 3 is 2.11 bits per heavy atom. The van der Waals surface area contributed by atoms with Gasteiger partial charge in [-0.05, 0) is 59.4 Å². The molecule has 0 saturated carbocycles. The predicted molar refractivity (Wildman–Crippen MR) is 188 cm³/mol. The lowest BCUT2D eigenvalue weighted by molar-refractivity contribution is 0.180. The number of hydrogen-bond acceptors (Lipinski definition) is 7. The highest BCUT2D eigenvalue weighted by atomic mass is 32.2. The molecule has 8 nitrogen and oxygen atoms in total. The molecule has 0 radical (unpaired) electrons. The van der Waals surface area contributed by atoms with Crippen LogP contribution in [0.2, 0.25) is 18.1 Å². The molecule has 46 heavy (non-hydrogen) atoms. The number of benzene rings is 3. The van der Waals surface area contributed by atoms with Crippen LogP contribution in [0.3, 0.4) is 0 Å². The fourth-order valence-electron chi connectivity index (χ4n) is 5.65. The van der Waals surface area contributed by atoms with Gasteiger partial charge in [0.05, 0.1) is 25.2 Å². The van der Waals surface area contributed by atoms with Gasteiger partial charge >= 0.3 is 0 Å². The van der Waals surface area contributed by atoms with Crippen molar-refractivity contribution in [3.63, 3.8) is 0 Å². The maximum absolute atomic E-state index is 12.5. The molecule has 0 aliphatic heterocycles. The molecular weight excluding hydrogens is 615 g/mol. The number of methoxy groups -OCH3 is 1. The van der Waals surface area contributed by atoms with Gasteiger partial charge in [-0.3, -0.25) is 9.71 Å². The highest BCUT2D eigenvalue weighted by Crippen LogP contribution is 2.35. The topological polar surface area (TPSA) is 98.8 Å². The summed E-state index contributed by atoms with van der Waals surface area (Å²) < 4.78 is 46.6. The Balaban J connectivity index is 1.70. The van der Waals surface area contributed by atoms with Crippen LogP contribution in [0.25, 0.3) is 0 Å². The van der Waals surface area contributed by atoms with Gasteiger partial charge < -0.3 is 19.2 Å². The van der Waals surface area contributed by atoms with E-state index in [4.69, 9.17) is 13.9 Å². The Bertz CT molecular complexity index is 1610. The van der Waals surface area contributed by atoms with Gasteiger partial charge in [-0.2, -0.15) is 0 Å². The molecule has 4 rings (SSSR count). The number of nitrogens with one attached hydrogen (secondary N) is 2. The van der Waals surface area contributed by atoms with Crippen LogP contribution < -0.4 is 19.5 Å². The molecule has 0 spiro atoms. The van der Waals surface area contributed by atoms with Crippen molar-refractivity contribution in [2.45, 2.75) is 64.1 Å². The summed E-state index contributed by atoms with van der Waals surface area (Å²) in [7, 11) is -3.99. The third-order valence-electron chi connectivity index (χ3n) is 8.47. The average Bonchev–Trinajstić information content (AvgIpc) is 3.08. The van der Waals surface area contributed by atoms with Gasteiger partial charge in [-0.25, -0.2) is 8.42 Å². The summed E-state index contributed by atoms with van der Waals surface area (Å²) in [6.45, 7) is 7.43. The summed E-state index contributed by atoms with van der Waals surface area (Å²) >= 11 is 0. The maximum Gasteiger partial charge on any atom is 0.229 e. The molecule has 3 aromatic carbocycles. The number of nitrogens with zero attached hydrogens (tertiary/aromatic N) is 1. The zero-order chi connectivity index (χ0) is 33.0. The highest BCUT2D eigenvalue weighted by molar-refractivity contribution is 7.92. The van der Waals surface area contributed by atoms with E-state index in [0.29, 0.717) is 24.6 Å². The zero-order valence-electron chi connectivity index (χ0n) is 27.5. The van der Waals surface area contributed by atoms with Crippen LogP contribution in [-0.4, -0.2) is 41.6 Å². The van der Waals surface area contributed by atoms with E-state index in [2.05, 4.69) is 47.9 Å². The Morgan fingerprint density at radius 2 is 1.50 bits per heavy atom. The van der Waals surface area contributed by atoms with Gasteiger partial charge in [0, 0.05) is 30.5 Å². The highest BCUT2D eigenvalue weighted by Gasteiger charge is 2.33. The molecule has 0 aliphatic carbocycles. The Hall–Kier alpha value is -3.70. The lowest BCUT2D eigenvalue weighted by Gasteiger charge is -2.35. The molecule has 0 bridgehead atoms. The third-order valence-corrected chi connectivity index (χ3v) is 13.7. The van der Waals surface area contributed by atoms with E-state index in [-0.39, 0.29) is 12.1 Å². The second kappa shape index (κ2) is 16.7. The van der Waals surface area contributed by atoms with E-state index in [1.165, 1.54) is 5.56 Å². The number of aromatic nitrogens is 1. The van der Waals surface area contributed by atoms with Crippen LogP contribution >= 0.6 is 0 Å². The van der Waals surface area contributed by atoms with Crippen molar-refractivity contribution in [2.24, 2.45) is 0 Å². The summed E-state index contributed by atoms with van der Waals surface area (Å²) in [5.74, 6) is 1.22. The molecular formula is C36H47N3O5SSi. The summed E-state index contributed by atoms with van der Waals surface area (Å²) in [4.78, 5) is 4.41. The van der Waals surface area contributed by atoms with E-state index >= 15 is 0 Å². The zero-order valence-corrected chi connectivity index (χ0v) is 29.3. The molecule has 246 valence electrons. The molecule has 0 aliphatic rings. The molecule has 2 atom stereocenters. The Morgan fingerprint density at radius 1 is 0.848 bits per heavy atom. The summed E-state index contributed by atoms with van der Waals surface area (Å²) in [6, 6.07) is 30.5. The molecule has 1 aromatic heterocycles. The molecule has 2 unspecified atom stereocenters. The van der Waals surface area contributed by atoms with Crippen LogP contribution in [0.15, 0.2) is 97.3 Å². The first-order valence-electron chi connectivity index (χ1n) is 15.9. The fraction of sp³-hybridized carbons (Fsp3) is 0.361. The largest absolute Gasteiger partial charge is 0.496 e. The van der Waals surface area contributed by atoms with Crippen molar-refractivity contribution >= 4 is 24.0 Å². The van der Waals surface area contributed by atoms with Gasteiger partial charge in [0.2, 0.25) is 10.0 Å². The molecule has 2 N–H and O–H groups in total. The van der Waals surface area contributed by atoms with Crippen LogP contribution in [0.4, 0.5) is 5.69 Å². The molecule has 10 heteroatoms. The Kier molecular flexibility index (Phi) is 12.8. The standard InChI is InChI=1S/C36H47N3O5SSi/c1-6-46(7-2,8-3)44-36(26-38-32(23-28-15-11-9-12-16-28)31-25-37-22-21-34(31)42-4)30-19-20-35(33(24-30)39-45(5,40)41)43-27-29-17-13-10-14-18-29/h9-22,24-25,32,36,38-39H,6-8,23,26-27H2,1-5H3. The van der Waals surface area contributed by atoms with Crippen LogP contribution in [-0.2, 0) is 27.5 Å². The quantitative estimate of drug-likeness (QED) is 0.106. The molecule has 1 heterocycles. The van der Waals surface area contributed by atoms with E-state index in [0.717, 1.165) is 53.2 Å². The summed E-state index contributed by atoms with van der Waals surface area (Å²) in [5.41, 5.74) is 4.39. The SMILES string of the molecule is CC[Si](CC)(CC)OC(CNC(Cc1ccccc1)c1cnccc1OC)c1ccc(OCc2ccccc2)c(NS(C)(=O)=O)c1. The number of ether oxygens (including phenoxy) is 2. The number of rotatable bonds is 18. The average molecular weight is 662 g/mol. The fourth-order valence-corrected chi connectivity index (χ4v) is 9.03. The van der Waals surface area contributed by atoms with Crippen LogP contribution in [0.5, 0.6) is 11.5 Å². The normalized spacial score (nSPS) is 13.2. The smallest absolute Gasteiger partial charge is 0.229 e. The molecule has 0 amide bonds. The molecule has 0 fully saturated rings. The minimum absolute atomic E-state index is 0.111. The van der Waals surface area contributed by atoms with E-state index in [1.54, 1.807) is 13.3 Å². The maximum atomic E-state index is 12.5. The Labute approximate surface area is 275 Å². The van der Waals surface area contributed by atoms with E-state index < -0.39 is 18.3 Å². The summed E-state index contributed by atoms with van der Waals surface area (Å²) in [6.07, 6.45) is 5.12. The van der Waals surface area contributed by atoms with Crippen molar-refractivity contribution in [3.8, 4) is 11.5 Å². The number of hydrogen-bond donors (Lipinski definition) is 2. The predicted octanol–water partition coefficient (Wildman–Crippen LogP) is 7.68. The van der Waals surface area contributed by atoms with Gasteiger partial charge in [-0.1, -0.05) is 87.5 Å². The third kappa shape index (κ3) is 9.90. The number of sulfonamides is 1. The minimum Gasteiger partial charge on any atom is -0.496 e. The van der Waals surface area contributed by atoms with Gasteiger partial charge in [0.1, 0.15) is 18.1 Å². The van der Waals surface area contributed by atoms with Crippen molar-refractivity contribution in [2.75, 3.05) is 24.6 Å². The number of pyridine rings is 1. The van der Waals surface area contributed by atoms with Crippen molar-refractivity contribution in [1.29, 1.82) is 0 Å². The second-order valence-electron chi connectivity index (χ2n) is 11.5. The van der Waals surface area contributed by atoms with Gasteiger partial charge in [0.15, 0.2) is 8.32 Å².